The normalized spacial score (nSPS) is 10.6. The zero-order valence-corrected chi connectivity index (χ0v) is 18.6. The molecule has 0 aliphatic heterocycles. The van der Waals surface area contributed by atoms with Gasteiger partial charge in [-0.1, -0.05) is 11.6 Å². The van der Waals surface area contributed by atoms with E-state index in [2.05, 4.69) is 20.9 Å². The van der Waals surface area contributed by atoms with Crippen LogP contribution in [-0.4, -0.2) is 24.0 Å². The molecule has 0 aliphatic carbocycles. The molecule has 2 aromatic carbocycles. The summed E-state index contributed by atoms with van der Waals surface area (Å²) in [4.78, 5) is 28.0. The average molecular weight is 467 g/mol. The number of thiophene rings is 1. The van der Waals surface area contributed by atoms with E-state index in [0.717, 1.165) is 15.6 Å². The van der Waals surface area contributed by atoms with Crippen LogP contribution in [0.25, 0.3) is 10.1 Å². The van der Waals surface area contributed by atoms with Gasteiger partial charge in [0.2, 0.25) is 0 Å². The molecule has 2 heterocycles. The minimum atomic E-state index is -0.333. The lowest BCUT2D eigenvalue weighted by Crippen LogP contribution is -2.19. The first-order valence-corrected chi connectivity index (χ1v) is 10.9. The number of ether oxygens (including phenoxy) is 1. The number of halogens is 1. The van der Waals surface area contributed by atoms with Gasteiger partial charge in [0.25, 0.3) is 5.91 Å². The number of nitrogens with one attached hydrogen (secondary N) is 3. The van der Waals surface area contributed by atoms with Crippen molar-refractivity contribution in [1.29, 1.82) is 0 Å². The zero-order chi connectivity index (χ0) is 22.5. The van der Waals surface area contributed by atoms with E-state index in [0.29, 0.717) is 33.8 Å². The van der Waals surface area contributed by atoms with Crippen LogP contribution >= 0.6 is 22.9 Å². The second-order valence-electron chi connectivity index (χ2n) is 6.81. The van der Waals surface area contributed by atoms with E-state index >= 15 is 0 Å². The Morgan fingerprint density at radius 1 is 1.03 bits per heavy atom. The van der Waals surface area contributed by atoms with Gasteiger partial charge < -0.3 is 15.4 Å². The summed E-state index contributed by atoms with van der Waals surface area (Å²) < 4.78 is 6.86. The van der Waals surface area contributed by atoms with E-state index in [9.17, 15) is 9.59 Å². The predicted molar refractivity (Wildman–Crippen MR) is 128 cm³/mol. The van der Waals surface area contributed by atoms with Crippen molar-refractivity contribution in [3.8, 4) is 5.75 Å². The number of aromatic nitrogens is 1. The standard InChI is InChI=1S/C23H19ClN4O3S/c1-25-22(29)19-10-14(8-9-26-19)13-31-18-7-2-15-11-21(32-20(15)12-18)28-23(30)27-17-5-3-16(24)4-6-17/h2-12H,13H2,1H3,(H,25,29)(H2,27,28,30). The minimum absolute atomic E-state index is 0.244. The summed E-state index contributed by atoms with van der Waals surface area (Å²) in [5, 5.41) is 10.5. The maximum Gasteiger partial charge on any atom is 0.324 e. The highest BCUT2D eigenvalue weighted by atomic mass is 35.5. The van der Waals surface area contributed by atoms with Crippen molar-refractivity contribution < 1.29 is 14.3 Å². The summed E-state index contributed by atoms with van der Waals surface area (Å²) in [6, 6.07) is 17.7. The van der Waals surface area contributed by atoms with Crippen molar-refractivity contribution in [1.82, 2.24) is 10.3 Å². The topological polar surface area (TPSA) is 92.4 Å². The third-order valence-electron chi connectivity index (χ3n) is 4.52. The van der Waals surface area contributed by atoms with Gasteiger partial charge in [-0.15, -0.1) is 11.3 Å². The number of rotatable bonds is 6. The van der Waals surface area contributed by atoms with Gasteiger partial charge in [0, 0.05) is 28.7 Å². The molecule has 0 bridgehead atoms. The van der Waals surface area contributed by atoms with Gasteiger partial charge >= 0.3 is 6.03 Å². The van der Waals surface area contributed by atoms with Crippen molar-refractivity contribution >= 4 is 55.7 Å². The maximum absolute atomic E-state index is 12.3. The highest BCUT2D eigenvalue weighted by Crippen LogP contribution is 2.33. The molecule has 0 saturated heterocycles. The summed E-state index contributed by atoms with van der Waals surface area (Å²) in [6.07, 6.45) is 1.58. The number of carbonyl (C=O) groups excluding carboxylic acids is 2. The Kier molecular flexibility index (Phi) is 6.53. The van der Waals surface area contributed by atoms with Crippen molar-refractivity contribution in [3.63, 3.8) is 0 Å². The van der Waals surface area contributed by atoms with Crippen LogP contribution < -0.4 is 20.7 Å². The lowest BCUT2D eigenvalue weighted by Gasteiger charge is -2.07. The Hall–Kier alpha value is -3.62. The molecule has 32 heavy (non-hydrogen) atoms. The number of pyridine rings is 1. The van der Waals surface area contributed by atoms with E-state index in [4.69, 9.17) is 16.3 Å². The van der Waals surface area contributed by atoms with Crippen LogP contribution in [0.15, 0.2) is 66.9 Å². The first kappa shape index (κ1) is 21.6. The summed E-state index contributed by atoms with van der Waals surface area (Å²) in [7, 11) is 1.56. The number of hydrogen-bond acceptors (Lipinski definition) is 5. The first-order chi connectivity index (χ1) is 15.5. The first-order valence-electron chi connectivity index (χ1n) is 9.67. The maximum atomic E-state index is 12.3. The highest BCUT2D eigenvalue weighted by Gasteiger charge is 2.09. The van der Waals surface area contributed by atoms with Crippen molar-refractivity contribution in [2.45, 2.75) is 6.61 Å². The molecular formula is C23H19ClN4O3S. The predicted octanol–water partition coefficient (Wildman–Crippen LogP) is 5.53. The highest BCUT2D eigenvalue weighted by molar-refractivity contribution is 7.23. The molecule has 162 valence electrons. The molecule has 0 fully saturated rings. The Balaban J connectivity index is 1.40. The molecule has 0 aliphatic rings. The smallest absolute Gasteiger partial charge is 0.324 e. The number of hydrogen-bond donors (Lipinski definition) is 3. The number of nitrogens with zero attached hydrogens (tertiary/aromatic N) is 1. The van der Waals surface area contributed by atoms with Gasteiger partial charge in [0.1, 0.15) is 18.1 Å². The van der Waals surface area contributed by atoms with Crippen LogP contribution in [0.4, 0.5) is 15.5 Å². The fraction of sp³-hybridized carbons (Fsp3) is 0.0870. The Morgan fingerprint density at radius 3 is 2.62 bits per heavy atom. The molecule has 3 amide bonds. The van der Waals surface area contributed by atoms with Crippen LogP contribution in [0.1, 0.15) is 16.1 Å². The van der Waals surface area contributed by atoms with Crippen molar-refractivity contribution in [3.05, 3.63) is 83.1 Å². The van der Waals surface area contributed by atoms with E-state index < -0.39 is 0 Å². The van der Waals surface area contributed by atoms with Crippen molar-refractivity contribution in [2.75, 3.05) is 17.7 Å². The molecule has 3 N–H and O–H groups in total. The Labute approximate surface area is 193 Å². The second-order valence-corrected chi connectivity index (χ2v) is 8.33. The van der Waals surface area contributed by atoms with Crippen LogP contribution in [-0.2, 0) is 6.61 Å². The van der Waals surface area contributed by atoms with Gasteiger partial charge in [0.05, 0.1) is 5.00 Å². The SMILES string of the molecule is CNC(=O)c1cc(COc2ccc3cc(NC(=O)Nc4ccc(Cl)cc4)sc3c2)ccn1. The fourth-order valence-electron chi connectivity index (χ4n) is 2.95. The fourth-order valence-corrected chi connectivity index (χ4v) is 4.07. The lowest BCUT2D eigenvalue weighted by atomic mass is 10.2. The third kappa shape index (κ3) is 5.35. The van der Waals surface area contributed by atoms with Crippen LogP contribution in [0.5, 0.6) is 5.75 Å². The Bertz CT molecular complexity index is 1270. The summed E-state index contributed by atoms with van der Waals surface area (Å²) in [6.45, 7) is 0.304. The van der Waals surface area contributed by atoms with Crippen LogP contribution in [0.3, 0.4) is 0 Å². The molecule has 0 saturated carbocycles. The molecule has 0 atom stereocenters. The number of amides is 3. The zero-order valence-electron chi connectivity index (χ0n) is 17.0. The van der Waals surface area contributed by atoms with E-state index in [1.54, 1.807) is 49.6 Å². The molecule has 4 aromatic rings. The lowest BCUT2D eigenvalue weighted by molar-refractivity contribution is 0.0958. The molecule has 0 radical (unpaired) electrons. The largest absolute Gasteiger partial charge is 0.489 e. The second kappa shape index (κ2) is 9.67. The molecule has 4 rings (SSSR count). The summed E-state index contributed by atoms with van der Waals surface area (Å²) in [5.74, 6) is 0.446. The molecule has 2 aromatic heterocycles. The third-order valence-corrected chi connectivity index (χ3v) is 5.79. The van der Waals surface area contributed by atoms with Gasteiger partial charge in [-0.2, -0.15) is 0 Å². The van der Waals surface area contributed by atoms with E-state index in [1.165, 1.54) is 11.3 Å². The minimum Gasteiger partial charge on any atom is -0.489 e. The van der Waals surface area contributed by atoms with Gasteiger partial charge in [-0.3, -0.25) is 15.1 Å². The van der Waals surface area contributed by atoms with Crippen LogP contribution in [0, 0.1) is 0 Å². The van der Waals surface area contributed by atoms with E-state index in [1.807, 2.05) is 24.3 Å². The van der Waals surface area contributed by atoms with Crippen molar-refractivity contribution in [2.24, 2.45) is 0 Å². The number of benzene rings is 2. The quantitative estimate of drug-likeness (QED) is 0.348. The molecule has 0 spiro atoms. The monoisotopic (exact) mass is 466 g/mol. The molecule has 9 heteroatoms. The number of urea groups is 1. The van der Waals surface area contributed by atoms with Gasteiger partial charge in [0.15, 0.2) is 0 Å². The molecule has 7 nitrogen and oxygen atoms in total. The van der Waals surface area contributed by atoms with Gasteiger partial charge in [-0.25, -0.2) is 4.79 Å². The summed E-state index contributed by atoms with van der Waals surface area (Å²) >= 11 is 7.31. The number of anilines is 2. The van der Waals surface area contributed by atoms with Crippen LogP contribution in [0.2, 0.25) is 5.02 Å². The molecule has 0 unspecified atom stereocenters. The number of fused-ring (bicyclic) bond motifs is 1. The number of carbonyl (C=O) groups is 2. The molecular weight excluding hydrogens is 448 g/mol. The summed E-state index contributed by atoms with van der Waals surface area (Å²) in [5.41, 5.74) is 1.83. The average Bonchev–Trinajstić information content (AvgIpc) is 3.20. The van der Waals surface area contributed by atoms with E-state index in [-0.39, 0.29) is 11.9 Å². The Morgan fingerprint density at radius 2 is 1.84 bits per heavy atom. The van der Waals surface area contributed by atoms with Gasteiger partial charge in [-0.05, 0) is 71.6 Å².